The summed E-state index contributed by atoms with van der Waals surface area (Å²) in [5, 5.41) is 8.66. The molecule has 4 heterocycles. The molecular formula is C61H79ClN12O8S. The van der Waals surface area contributed by atoms with Gasteiger partial charge in [0.15, 0.2) is 11.5 Å². The van der Waals surface area contributed by atoms with Gasteiger partial charge in [0.2, 0.25) is 23.0 Å². The normalized spacial score (nSPS) is 16.2. The zero-order valence-corrected chi connectivity index (χ0v) is 48.7. The Kier molecular flexibility index (Phi) is 25.1. The molecule has 2 amide bonds. The Labute approximate surface area is 499 Å². The van der Waals surface area contributed by atoms with Crippen LogP contribution in [0.2, 0.25) is 5.28 Å². The number of aromatic nitrogens is 4. The summed E-state index contributed by atoms with van der Waals surface area (Å²) in [7, 11) is 6.54. The van der Waals surface area contributed by atoms with Crippen molar-refractivity contribution in [2.75, 3.05) is 112 Å². The number of nitrogens with two attached hydrogens (primary N) is 1. The number of methoxy groups -OCH3 is 4. The van der Waals surface area contributed by atoms with E-state index < -0.39 is 0 Å². The first-order valence-corrected chi connectivity index (χ1v) is 27.5. The van der Waals surface area contributed by atoms with Crippen LogP contribution in [-0.4, -0.2) is 147 Å². The number of nitrogens with zero attached hydrogens (tertiary/aromatic N) is 8. The van der Waals surface area contributed by atoms with Crippen molar-refractivity contribution in [2.45, 2.75) is 70.1 Å². The van der Waals surface area contributed by atoms with E-state index in [1.807, 2.05) is 12.1 Å². The highest BCUT2D eigenvalue weighted by Gasteiger charge is 2.38. The van der Waals surface area contributed by atoms with Crippen LogP contribution in [0.3, 0.4) is 0 Å². The van der Waals surface area contributed by atoms with E-state index in [1.54, 1.807) is 68.9 Å². The van der Waals surface area contributed by atoms with Crippen LogP contribution in [0.25, 0.3) is 0 Å². The number of carbonyl (C=O) groups excluding carboxylic acids is 2. The molecule has 2 aliphatic carbocycles. The molecule has 2 atom stereocenters. The van der Waals surface area contributed by atoms with E-state index in [4.69, 9.17) is 45.8 Å². The van der Waals surface area contributed by atoms with Crippen molar-refractivity contribution in [3.8, 4) is 34.8 Å². The summed E-state index contributed by atoms with van der Waals surface area (Å²) in [6, 6.07) is 33.1. The van der Waals surface area contributed by atoms with E-state index in [1.165, 1.54) is 89.0 Å². The Balaban J connectivity index is 0.000000217. The number of likely N-dealkylation sites (tertiary alicyclic amines) is 2. The molecule has 4 fully saturated rings. The number of hydrogen-bond acceptors (Lipinski definition) is 18. The molecule has 0 unspecified atom stereocenters. The van der Waals surface area contributed by atoms with E-state index in [0.717, 1.165) is 63.4 Å². The number of amides is 2. The molecule has 0 radical (unpaired) electrons. The topological polar surface area (TPSA) is 216 Å². The van der Waals surface area contributed by atoms with Gasteiger partial charge in [-0.3, -0.25) is 19.4 Å². The second kappa shape index (κ2) is 32.3. The molecule has 2 aromatic heterocycles. The molecule has 6 aromatic rings. The minimum atomic E-state index is -0.310. The van der Waals surface area contributed by atoms with Crippen LogP contribution < -0.4 is 50.4 Å². The largest absolute Gasteiger partial charge is 0.490 e. The first kappa shape index (κ1) is 64.5. The Morgan fingerprint density at radius 3 is 1.54 bits per heavy atom. The number of benzene rings is 4. The summed E-state index contributed by atoms with van der Waals surface area (Å²) in [6.07, 6.45) is 13.0. The van der Waals surface area contributed by atoms with Crippen LogP contribution >= 0.6 is 25.1 Å². The maximum Gasteiger partial charge on any atom is 0.267 e. The maximum absolute atomic E-state index is 11.7. The van der Waals surface area contributed by atoms with Gasteiger partial charge in [-0.2, -0.15) is 23.5 Å². The lowest BCUT2D eigenvalue weighted by Crippen LogP contribution is -2.39. The zero-order chi connectivity index (χ0) is 57.1. The summed E-state index contributed by atoms with van der Waals surface area (Å²) >= 11 is 5.73. The molecule has 2 aliphatic heterocycles. The molecule has 83 heavy (non-hydrogen) atoms. The first-order valence-electron chi connectivity index (χ1n) is 27.1. The molecular weight excluding hydrogens is 1100 g/mol. The average molecular weight is 1180 g/mol. The lowest BCUT2D eigenvalue weighted by molar-refractivity contribution is -0.112. The highest BCUT2D eigenvalue weighted by molar-refractivity contribution is 7.59. The predicted octanol–water partition coefficient (Wildman–Crippen LogP) is 10.6. The van der Waals surface area contributed by atoms with Crippen molar-refractivity contribution in [2.24, 2.45) is 0 Å². The van der Waals surface area contributed by atoms with Gasteiger partial charge in [0.25, 0.3) is 11.8 Å². The lowest BCUT2D eigenvalue weighted by atomic mass is 10.1. The quantitative estimate of drug-likeness (QED) is 0.0252. The predicted molar refractivity (Wildman–Crippen MR) is 335 cm³/mol. The Hall–Kier alpha value is -7.66. The molecule has 0 spiro atoms. The second-order valence-corrected chi connectivity index (χ2v) is 20.1. The number of rotatable bonds is 24. The van der Waals surface area contributed by atoms with Crippen molar-refractivity contribution in [1.29, 1.82) is 0 Å². The van der Waals surface area contributed by atoms with E-state index in [9.17, 15) is 9.59 Å². The molecule has 0 bridgehead atoms. The third-order valence-corrected chi connectivity index (χ3v) is 14.0. The third kappa shape index (κ3) is 19.2. The number of anilines is 7. The van der Waals surface area contributed by atoms with Crippen molar-refractivity contribution < 1.29 is 38.0 Å². The van der Waals surface area contributed by atoms with Crippen molar-refractivity contribution >= 4 is 77.0 Å². The van der Waals surface area contributed by atoms with Crippen molar-refractivity contribution in [3.05, 3.63) is 140 Å². The number of halogens is 1. The number of nitrogens with one attached hydrogen (secondary N) is 3. The van der Waals surface area contributed by atoms with E-state index in [2.05, 4.69) is 105 Å². The van der Waals surface area contributed by atoms with Gasteiger partial charge in [-0.05, 0) is 135 Å². The average Bonchev–Trinajstić information content (AvgIpc) is 4.55. The first-order chi connectivity index (χ1) is 39.4. The highest BCUT2D eigenvalue weighted by Crippen LogP contribution is 2.39. The molecule has 444 valence electrons. The van der Waals surface area contributed by atoms with Crippen LogP contribution in [0, 0.1) is 0 Å². The minimum absolute atomic E-state index is 0. The third-order valence-electron chi connectivity index (χ3n) is 13.9. The monoisotopic (exact) mass is 1170 g/mol. The van der Waals surface area contributed by atoms with Gasteiger partial charge in [-0.15, -0.1) is 0 Å². The maximum atomic E-state index is 11.7. The van der Waals surface area contributed by atoms with Gasteiger partial charge in [0.1, 0.15) is 11.5 Å². The minimum Gasteiger partial charge on any atom is -0.490 e. The van der Waals surface area contributed by atoms with E-state index in [0.29, 0.717) is 58.4 Å². The molecule has 20 nitrogen and oxygen atoms in total. The van der Waals surface area contributed by atoms with Crippen LogP contribution in [-0.2, 0) is 19.1 Å². The zero-order valence-electron chi connectivity index (χ0n) is 47.0. The Morgan fingerprint density at radius 1 is 0.639 bits per heavy atom. The number of hydrogen-bond donors (Lipinski definition) is 4. The summed E-state index contributed by atoms with van der Waals surface area (Å²) < 4.78 is 32.6. The smallest absolute Gasteiger partial charge is 0.267 e. The fraction of sp³-hybridized carbons (Fsp3) is 0.377. The highest BCUT2D eigenvalue weighted by atomic mass is 35.5. The van der Waals surface area contributed by atoms with Gasteiger partial charge in [0.05, 0.1) is 39.8 Å². The summed E-state index contributed by atoms with van der Waals surface area (Å²) in [5.74, 6) is 1.89. The second-order valence-electron chi connectivity index (χ2n) is 19.7. The number of carbonyl (C=O) groups is 2. The fourth-order valence-corrected chi connectivity index (χ4v) is 9.75. The van der Waals surface area contributed by atoms with Crippen molar-refractivity contribution in [3.63, 3.8) is 0 Å². The van der Waals surface area contributed by atoms with Crippen LogP contribution in [0.4, 0.5) is 40.1 Å². The van der Waals surface area contributed by atoms with Gasteiger partial charge < -0.3 is 59.9 Å². The molecule has 5 N–H and O–H groups in total. The number of nitrogen functional groups attached to an aromatic ring is 1. The molecule has 22 heteroatoms. The molecule has 2 saturated heterocycles. The summed E-state index contributed by atoms with van der Waals surface area (Å²) in [4.78, 5) is 49.8. The molecule has 4 aromatic carbocycles. The van der Waals surface area contributed by atoms with E-state index >= 15 is 0 Å². The van der Waals surface area contributed by atoms with E-state index in [-0.39, 0.29) is 49.8 Å². The Morgan fingerprint density at radius 2 is 1.10 bits per heavy atom. The molecule has 10 rings (SSSR count). The fourth-order valence-electron chi connectivity index (χ4n) is 9.62. The van der Waals surface area contributed by atoms with Gasteiger partial charge >= 0.3 is 0 Å². The van der Waals surface area contributed by atoms with Gasteiger partial charge in [-0.1, -0.05) is 32.7 Å². The van der Waals surface area contributed by atoms with Crippen LogP contribution in [0.15, 0.2) is 135 Å². The molecule has 2 saturated carbocycles. The number of ether oxygens (including phenoxy) is 6. The molecule has 4 aliphatic rings. The van der Waals surface area contributed by atoms with Crippen molar-refractivity contribution in [1.82, 2.24) is 29.7 Å². The van der Waals surface area contributed by atoms with Crippen LogP contribution in [0.5, 0.6) is 34.8 Å². The van der Waals surface area contributed by atoms with Crippen LogP contribution in [0.1, 0.15) is 46.0 Å². The standard InChI is InChI=1S/C30H36N6O4.C16H25N3O.C14H12ClN3O3.CH4.H2S/c1-4-28(37)32-22-6-5-7-26(18-22)40-29-27(39-3)19-31-30(34-29)33-21-8-10-23(11-9-21)36(24-12-13-24)25-14-15-35(20-25)16-17-38-2;1-20-11-10-18-9-8-16(12-18)19(15-6-7-15)14-4-2-13(17)3-5-14;1-3-12(19)17-9-5-4-6-10(7-9)21-13-11(20-2)8-16-14(15)18-13;;/h4-11,18-19,24-25H,1,12-17,20H2,2-3H3,(H,32,37)(H,31,33,34);2-5,15-16H,6-12,17H2,1H3;3-8H,1H2,2H3,(H,17,19);1H4;1H2/t25-;16-;;;/m00.../s1. The summed E-state index contributed by atoms with van der Waals surface area (Å²) in [5.41, 5.74) is 11.2. The SMILES string of the molecule is C.C=CC(=O)Nc1cccc(Oc2nc(Cl)ncc2OC)c1.C=CC(=O)Nc1cccc(Oc2nc(Nc3ccc(N(C4CC4)[C@H]4CCN(CCOC)C4)cc3)ncc2OC)c1.COCCN1CC[C@H](N(c2ccc(N)cc2)C2CC2)C1.S. The van der Waals surface area contributed by atoms with Gasteiger partial charge in [-0.25, -0.2) is 9.97 Å². The summed E-state index contributed by atoms with van der Waals surface area (Å²) in [6.45, 7) is 15.0. The Bertz CT molecular complexity index is 3030. The van der Waals surface area contributed by atoms with Gasteiger partial charge in [0, 0.05) is 124 Å². The lowest BCUT2D eigenvalue weighted by Gasteiger charge is -2.31.